The van der Waals surface area contributed by atoms with Gasteiger partial charge in [-0.1, -0.05) is 29.3 Å². The lowest BCUT2D eigenvalue weighted by Gasteiger charge is -2.03. The second-order valence-electron chi connectivity index (χ2n) is 3.09. The van der Waals surface area contributed by atoms with Crippen LogP contribution in [0.2, 0.25) is 10.0 Å². The zero-order valence-electron chi connectivity index (χ0n) is 7.14. The minimum atomic E-state index is 0.745. The van der Waals surface area contributed by atoms with E-state index in [1.807, 2.05) is 37.3 Å². The Morgan fingerprint density at radius 1 is 0.923 bits per heavy atom. The van der Waals surface area contributed by atoms with Gasteiger partial charge in [-0.25, -0.2) is 0 Å². The van der Waals surface area contributed by atoms with Crippen LogP contribution in [0.5, 0.6) is 0 Å². The molecule has 0 radical (unpaired) electrons. The lowest BCUT2D eigenvalue weighted by Crippen LogP contribution is -1.78. The van der Waals surface area contributed by atoms with Crippen LogP contribution in [0.3, 0.4) is 0 Å². The average molecular weight is 211 g/mol. The molecule has 0 heterocycles. The van der Waals surface area contributed by atoms with Crippen LogP contribution in [-0.2, 0) is 0 Å². The third-order valence-electron chi connectivity index (χ3n) is 2.09. The zero-order chi connectivity index (χ0) is 9.42. The first-order chi connectivity index (χ1) is 6.16. The molecule has 0 saturated heterocycles. The molecular formula is C11H8Cl2. The van der Waals surface area contributed by atoms with E-state index in [0.29, 0.717) is 0 Å². The summed E-state index contributed by atoms with van der Waals surface area (Å²) in [6.45, 7) is 2.04. The van der Waals surface area contributed by atoms with Gasteiger partial charge in [0.15, 0.2) is 0 Å². The minimum Gasteiger partial charge on any atom is -0.0843 e. The summed E-state index contributed by atoms with van der Waals surface area (Å²) in [6.07, 6.45) is 0. The standard InChI is InChI=1S/C11H8Cl2/c1-7-4-10(13)6-8-5-9(12)2-3-11(7)8/h2-6H,1H3. The molecule has 0 nitrogen and oxygen atoms in total. The van der Waals surface area contributed by atoms with Gasteiger partial charge in [0.2, 0.25) is 0 Å². The van der Waals surface area contributed by atoms with Gasteiger partial charge in [-0.05, 0) is 47.5 Å². The van der Waals surface area contributed by atoms with Crippen LogP contribution < -0.4 is 0 Å². The molecule has 0 saturated carbocycles. The molecule has 2 aromatic carbocycles. The second kappa shape index (κ2) is 3.21. The molecule has 0 unspecified atom stereocenters. The number of benzene rings is 2. The quantitative estimate of drug-likeness (QED) is 0.603. The van der Waals surface area contributed by atoms with Crippen molar-refractivity contribution < 1.29 is 0 Å². The monoisotopic (exact) mass is 210 g/mol. The predicted molar refractivity (Wildman–Crippen MR) is 58.7 cm³/mol. The van der Waals surface area contributed by atoms with E-state index in [1.54, 1.807) is 0 Å². The molecular weight excluding hydrogens is 203 g/mol. The van der Waals surface area contributed by atoms with E-state index in [9.17, 15) is 0 Å². The summed E-state index contributed by atoms with van der Waals surface area (Å²) >= 11 is 11.8. The second-order valence-corrected chi connectivity index (χ2v) is 3.96. The maximum Gasteiger partial charge on any atom is 0.0415 e. The third-order valence-corrected chi connectivity index (χ3v) is 2.54. The fourth-order valence-corrected chi connectivity index (χ4v) is 1.95. The van der Waals surface area contributed by atoms with Crippen molar-refractivity contribution in [3.8, 4) is 0 Å². The number of halogens is 2. The molecule has 13 heavy (non-hydrogen) atoms. The van der Waals surface area contributed by atoms with Gasteiger partial charge in [0.1, 0.15) is 0 Å². The fraction of sp³-hybridized carbons (Fsp3) is 0.0909. The topological polar surface area (TPSA) is 0 Å². The Morgan fingerprint density at radius 2 is 1.62 bits per heavy atom. The summed E-state index contributed by atoms with van der Waals surface area (Å²) in [4.78, 5) is 0. The van der Waals surface area contributed by atoms with Crippen molar-refractivity contribution in [3.05, 3.63) is 45.9 Å². The van der Waals surface area contributed by atoms with Crippen molar-refractivity contribution in [3.63, 3.8) is 0 Å². The maximum atomic E-state index is 5.93. The van der Waals surface area contributed by atoms with E-state index in [1.165, 1.54) is 10.9 Å². The van der Waals surface area contributed by atoms with Crippen LogP contribution in [0.15, 0.2) is 30.3 Å². The van der Waals surface area contributed by atoms with Crippen LogP contribution in [0.1, 0.15) is 5.56 Å². The van der Waals surface area contributed by atoms with Gasteiger partial charge < -0.3 is 0 Å². The number of aryl methyl sites for hydroxylation is 1. The summed E-state index contributed by atoms with van der Waals surface area (Å²) in [5, 5.41) is 3.80. The molecule has 0 atom stereocenters. The molecule has 0 aliphatic heterocycles. The molecule has 2 rings (SSSR count). The number of hydrogen-bond acceptors (Lipinski definition) is 0. The highest BCUT2D eigenvalue weighted by Gasteiger charge is 1.99. The molecule has 0 fully saturated rings. The van der Waals surface area contributed by atoms with E-state index in [-0.39, 0.29) is 0 Å². The van der Waals surface area contributed by atoms with Crippen LogP contribution in [0.25, 0.3) is 10.8 Å². The van der Waals surface area contributed by atoms with Crippen LogP contribution in [0, 0.1) is 6.92 Å². The Hall–Kier alpha value is -0.720. The number of hydrogen-bond donors (Lipinski definition) is 0. The van der Waals surface area contributed by atoms with E-state index < -0.39 is 0 Å². The highest BCUT2D eigenvalue weighted by atomic mass is 35.5. The van der Waals surface area contributed by atoms with E-state index in [2.05, 4.69) is 0 Å². The highest BCUT2D eigenvalue weighted by molar-refractivity contribution is 6.32. The predicted octanol–water partition coefficient (Wildman–Crippen LogP) is 4.46. The number of fused-ring (bicyclic) bond motifs is 1. The Balaban J connectivity index is 2.86. The average Bonchev–Trinajstić information content (AvgIpc) is 2.02. The first-order valence-corrected chi connectivity index (χ1v) is 4.78. The summed E-state index contributed by atoms with van der Waals surface area (Å²) in [6, 6.07) is 9.72. The first-order valence-electron chi connectivity index (χ1n) is 4.02. The Kier molecular flexibility index (Phi) is 2.19. The molecule has 0 aliphatic rings. The molecule has 0 aromatic heterocycles. The number of rotatable bonds is 0. The summed E-state index contributed by atoms with van der Waals surface area (Å²) in [5.74, 6) is 0. The van der Waals surface area contributed by atoms with E-state index in [4.69, 9.17) is 23.2 Å². The normalized spacial score (nSPS) is 10.7. The fourth-order valence-electron chi connectivity index (χ4n) is 1.49. The van der Waals surface area contributed by atoms with Gasteiger partial charge >= 0.3 is 0 Å². The SMILES string of the molecule is Cc1cc(Cl)cc2cc(Cl)ccc12. The summed E-state index contributed by atoms with van der Waals surface area (Å²) < 4.78 is 0. The van der Waals surface area contributed by atoms with Crippen molar-refractivity contribution in [2.45, 2.75) is 6.92 Å². The minimum absolute atomic E-state index is 0.745. The molecule has 0 N–H and O–H groups in total. The van der Waals surface area contributed by atoms with Crippen molar-refractivity contribution >= 4 is 34.0 Å². The van der Waals surface area contributed by atoms with Gasteiger partial charge in [0.25, 0.3) is 0 Å². The Morgan fingerprint density at radius 3 is 2.38 bits per heavy atom. The molecule has 0 aliphatic carbocycles. The smallest absolute Gasteiger partial charge is 0.0415 e. The van der Waals surface area contributed by atoms with Gasteiger partial charge in [-0.2, -0.15) is 0 Å². The largest absolute Gasteiger partial charge is 0.0843 e. The highest BCUT2D eigenvalue weighted by Crippen LogP contribution is 2.25. The van der Waals surface area contributed by atoms with Crippen LogP contribution >= 0.6 is 23.2 Å². The molecule has 0 spiro atoms. The Labute approximate surface area is 87.1 Å². The van der Waals surface area contributed by atoms with Gasteiger partial charge in [-0.3, -0.25) is 0 Å². The lowest BCUT2D eigenvalue weighted by molar-refractivity contribution is 1.53. The van der Waals surface area contributed by atoms with Gasteiger partial charge in [0, 0.05) is 10.0 Å². The summed E-state index contributed by atoms with van der Waals surface area (Å²) in [5.41, 5.74) is 1.18. The first kappa shape index (κ1) is 8.86. The third kappa shape index (κ3) is 1.65. The molecule has 66 valence electrons. The Bertz CT molecular complexity index is 456. The van der Waals surface area contributed by atoms with Crippen LogP contribution in [-0.4, -0.2) is 0 Å². The van der Waals surface area contributed by atoms with Crippen molar-refractivity contribution in [1.29, 1.82) is 0 Å². The van der Waals surface area contributed by atoms with Crippen molar-refractivity contribution in [2.24, 2.45) is 0 Å². The van der Waals surface area contributed by atoms with Gasteiger partial charge in [-0.15, -0.1) is 0 Å². The van der Waals surface area contributed by atoms with Crippen molar-refractivity contribution in [1.82, 2.24) is 0 Å². The van der Waals surface area contributed by atoms with E-state index >= 15 is 0 Å². The molecule has 0 bridgehead atoms. The van der Waals surface area contributed by atoms with Gasteiger partial charge in [0.05, 0.1) is 0 Å². The van der Waals surface area contributed by atoms with E-state index in [0.717, 1.165) is 15.4 Å². The van der Waals surface area contributed by atoms with Crippen LogP contribution in [0.4, 0.5) is 0 Å². The summed E-state index contributed by atoms with van der Waals surface area (Å²) in [7, 11) is 0. The maximum absolute atomic E-state index is 5.93. The van der Waals surface area contributed by atoms with Crippen molar-refractivity contribution in [2.75, 3.05) is 0 Å². The lowest BCUT2D eigenvalue weighted by atomic mass is 10.1. The molecule has 2 aromatic rings. The molecule has 0 amide bonds. The zero-order valence-corrected chi connectivity index (χ0v) is 8.65. The molecule has 2 heteroatoms.